The van der Waals surface area contributed by atoms with Crippen molar-refractivity contribution < 1.29 is 14.3 Å². The lowest BCUT2D eigenvalue weighted by molar-refractivity contribution is -0.123. The summed E-state index contributed by atoms with van der Waals surface area (Å²) in [4.78, 5) is 27.1. The van der Waals surface area contributed by atoms with E-state index in [0.717, 1.165) is 32.9 Å². The standard InChI is InChI=1S/C28H20BrNO3S/c29-23-11-3-7-20(14-23)17-30-27(31)26(34-28(30)32)16-19-6-4-12-24(15-19)33-18-22-10-5-9-21-8-1-2-13-25(21)22/h1-16H,17-18H2/b26-16+. The summed E-state index contributed by atoms with van der Waals surface area (Å²) in [6, 6.07) is 29.6. The van der Waals surface area contributed by atoms with Gasteiger partial charge in [0.2, 0.25) is 0 Å². The van der Waals surface area contributed by atoms with Crippen molar-refractivity contribution in [2.24, 2.45) is 0 Å². The molecule has 4 nitrogen and oxygen atoms in total. The van der Waals surface area contributed by atoms with Crippen LogP contribution >= 0.6 is 27.7 Å². The number of amides is 2. The van der Waals surface area contributed by atoms with Crippen LogP contribution in [0.1, 0.15) is 16.7 Å². The van der Waals surface area contributed by atoms with Gasteiger partial charge in [-0.2, -0.15) is 0 Å². The van der Waals surface area contributed by atoms with Gasteiger partial charge in [-0.1, -0.05) is 82.7 Å². The van der Waals surface area contributed by atoms with Gasteiger partial charge in [-0.05, 0) is 69.6 Å². The van der Waals surface area contributed by atoms with Crippen molar-refractivity contribution in [3.63, 3.8) is 0 Å². The van der Waals surface area contributed by atoms with Gasteiger partial charge in [0, 0.05) is 4.47 Å². The van der Waals surface area contributed by atoms with Crippen LogP contribution in [0.2, 0.25) is 0 Å². The highest BCUT2D eigenvalue weighted by atomic mass is 79.9. The second-order valence-electron chi connectivity index (χ2n) is 7.90. The summed E-state index contributed by atoms with van der Waals surface area (Å²) in [5.41, 5.74) is 2.81. The van der Waals surface area contributed by atoms with Gasteiger partial charge in [0.05, 0.1) is 11.4 Å². The van der Waals surface area contributed by atoms with Crippen LogP contribution in [-0.2, 0) is 17.9 Å². The first-order chi connectivity index (χ1) is 16.6. The van der Waals surface area contributed by atoms with E-state index in [1.807, 2.05) is 66.7 Å². The Morgan fingerprint density at radius 1 is 0.882 bits per heavy atom. The predicted molar refractivity (Wildman–Crippen MR) is 140 cm³/mol. The molecule has 1 heterocycles. The lowest BCUT2D eigenvalue weighted by Crippen LogP contribution is -2.27. The Kier molecular flexibility index (Phi) is 6.52. The van der Waals surface area contributed by atoms with Crippen LogP contribution in [0.25, 0.3) is 16.8 Å². The third kappa shape index (κ3) is 4.93. The van der Waals surface area contributed by atoms with Crippen LogP contribution in [-0.4, -0.2) is 16.0 Å². The maximum absolute atomic E-state index is 12.9. The molecule has 0 atom stereocenters. The average molecular weight is 530 g/mol. The molecule has 0 N–H and O–H groups in total. The second-order valence-corrected chi connectivity index (χ2v) is 9.81. The minimum absolute atomic E-state index is 0.246. The molecule has 1 fully saturated rings. The van der Waals surface area contributed by atoms with Crippen molar-refractivity contribution in [2.75, 3.05) is 0 Å². The molecule has 5 rings (SSSR count). The van der Waals surface area contributed by atoms with E-state index in [1.54, 1.807) is 6.08 Å². The maximum atomic E-state index is 12.9. The van der Waals surface area contributed by atoms with E-state index < -0.39 is 0 Å². The summed E-state index contributed by atoms with van der Waals surface area (Å²) in [6.45, 7) is 0.684. The highest BCUT2D eigenvalue weighted by Crippen LogP contribution is 2.34. The highest BCUT2D eigenvalue weighted by molar-refractivity contribution is 9.10. The van der Waals surface area contributed by atoms with Gasteiger partial charge in [0.15, 0.2) is 0 Å². The Morgan fingerprint density at radius 2 is 1.68 bits per heavy atom. The quantitative estimate of drug-likeness (QED) is 0.244. The SMILES string of the molecule is O=C1S/C(=C/c2cccc(OCc3cccc4ccccc34)c2)C(=O)N1Cc1cccc(Br)c1. The summed E-state index contributed by atoms with van der Waals surface area (Å²) >= 11 is 4.39. The number of nitrogens with zero attached hydrogens (tertiary/aromatic N) is 1. The van der Waals surface area contributed by atoms with Crippen LogP contribution in [0.15, 0.2) is 100 Å². The summed E-state index contributed by atoms with van der Waals surface area (Å²) in [5, 5.41) is 2.08. The number of hydrogen-bond acceptors (Lipinski definition) is 4. The molecule has 0 aliphatic carbocycles. The monoisotopic (exact) mass is 529 g/mol. The first kappa shape index (κ1) is 22.4. The summed E-state index contributed by atoms with van der Waals surface area (Å²) in [7, 11) is 0. The molecule has 0 unspecified atom stereocenters. The van der Waals surface area contributed by atoms with Crippen LogP contribution < -0.4 is 4.74 Å². The lowest BCUT2D eigenvalue weighted by Gasteiger charge is -2.12. The third-order valence-electron chi connectivity index (χ3n) is 5.53. The van der Waals surface area contributed by atoms with Gasteiger partial charge in [0.25, 0.3) is 11.1 Å². The van der Waals surface area contributed by atoms with E-state index in [9.17, 15) is 9.59 Å². The molecule has 6 heteroatoms. The molecule has 34 heavy (non-hydrogen) atoms. The fourth-order valence-corrected chi connectivity index (χ4v) is 5.16. The number of imide groups is 1. The Labute approximate surface area is 210 Å². The number of rotatable bonds is 6. The lowest BCUT2D eigenvalue weighted by atomic mass is 10.1. The van der Waals surface area contributed by atoms with Crippen LogP contribution in [0, 0.1) is 0 Å². The van der Waals surface area contributed by atoms with E-state index in [0.29, 0.717) is 17.3 Å². The van der Waals surface area contributed by atoms with Crippen molar-refractivity contribution in [3.8, 4) is 5.75 Å². The molecule has 0 bridgehead atoms. The van der Waals surface area contributed by atoms with E-state index in [1.165, 1.54) is 15.7 Å². The Hall–Kier alpha value is -3.35. The van der Waals surface area contributed by atoms with Crippen molar-refractivity contribution in [2.45, 2.75) is 13.2 Å². The number of halogens is 1. The first-order valence-corrected chi connectivity index (χ1v) is 12.4. The number of benzene rings is 4. The van der Waals surface area contributed by atoms with E-state index in [4.69, 9.17) is 4.74 Å². The second kappa shape index (κ2) is 9.87. The fourth-order valence-electron chi connectivity index (χ4n) is 3.88. The molecule has 2 amide bonds. The Balaban J connectivity index is 1.31. The fraction of sp³-hybridized carbons (Fsp3) is 0.0714. The van der Waals surface area contributed by atoms with E-state index in [2.05, 4.69) is 40.2 Å². The molecule has 0 saturated carbocycles. The summed E-state index contributed by atoms with van der Waals surface area (Å²) in [5.74, 6) is 0.423. The van der Waals surface area contributed by atoms with E-state index in [-0.39, 0.29) is 17.7 Å². The van der Waals surface area contributed by atoms with Gasteiger partial charge in [-0.15, -0.1) is 0 Å². The van der Waals surface area contributed by atoms with Gasteiger partial charge in [-0.3, -0.25) is 14.5 Å². The number of ether oxygens (including phenoxy) is 1. The topological polar surface area (TPSA) is 46.6 Å². The smallest absolute Gasteiger partial charge is 0.293 e. The zero-order valence-corrected chi connectivity index (χ0v) is 20.5. The van der Waals surface area contributed by atoms with Crippen LogP contribution in [0.4, 0.5) is 4.79 Å². The molecular formula is C28H20BrNO3S. The molecule has 1 aliphatic heterocycles. The minimum atomic E-state index is -0.281. The molecule has 4 aromatic carbocycles. The Morgan fingerprint density at radius 3 is 2.56 bits per heavy atom. The average Bonchev–Trinajstić information content (AvgIpc) is 3.10. The zero-order valence-electron chi connectivity index (χ0n) is 18.1. The molecule has 1 aliphatic rings. The van der Waals surface area contributed by atoms with Gasteiger partial charge in [0.1, 0.15) is 12.4 Å². The molecule has 168 valence electrons. The number of thioether (sulfide) groups is 1. The van der Waals surface area contributed by atoms with Gasteiger partial charge < -0.3 is 4.74 Å². The van der Waals surface area contributed by atoms with E-state index >= 15 is 0 Å². The zero-order chi connectivity index (χ0) is 23.5. The molecule has 0 spiro atoms. The first-order valence-electron chi connectivity index (χ1n) is 10.8. The van der Waals surface area contributed by atoms with Crippen molar-refractivity contribution in [1.82, 2.24) is 4.90 Å². The minimum Gasteiger partial charge on any atom is -0.489 e. The summed E-state index contributed by atoms with van der Waals surface area (Å²) < 4.78 is 6.97. The normalized spacial score (nSPS) is 14.9. The highest BCUT2D eigenvalue weighted by Gasteiger charge is 2.35. The maximum Gasteiger partial charge on any atom is 0.293 e. The molecule has 4 aromatic rings. The van der Waals surface area contributed by atoms with Crippen LogP contribution in [0.3, 0.4) is 0 Å². The third-order valence-corrected chi connectivity index (χ3v) is 6.93. The number of carbonyl (C=O) groups excluding carboxylic acids is 2. The Bertz CT molecular complexity index is 1430. The largest absolute Gasteiger partial charge is 0.489 e. The number of fused-ring (bicyclic) bond motifs is 1. The molecule has 0 radical (unpaired) electrons. The van der Waals surface area contributed by atoms with Crippen molar-refractivity contribution in [1.29, 1.82) is 0 Å². The predicted octanol–water partition coefficient (Wildman–Crippen LogP) is 7.42. The molecule has 0 aromatic heterocycles. The van der Waals surface area contributed by atoms with Crippen molar-refractivity contribution in [3.05, 3.63) is 117 Å². The summed E-state index contributed by atoms with van der Waals surface area (Å²) in [6.07, 6.45) is 1.75. The molecule has 1 saturated heterocycles. The van der Waals surface area contributed by atoms with Crippen LogP contribution in [0.5, 0.6) is 5.75 Å². The number of carbonyl (C=O) groups is 2. The van der Waals surface area contributed by atoms with Gasteiger partial charge >= 0.3 is 0 Å². The van der Waals surface area contributed by atoms with Gasteiger partial charge in [-0.25, -0.2) is 0 Å². The van der Waals surface area contributed by atoms with Crippen molar-refractivity contribution >= 4 is 55.7 Å². The molecular weight excluding hydrogens is 510 g/mol. The number of hydrogen-bond donors (Lipinski definition) is 0.